The van der Waals surface area contributed by atoms with Gasteiger partial charge in [0, 0.05) is 13.1 Å². The minimum atomic E-state index is -0.382. The van der Waals surface area contributed by atoms with Crippen LogP contribution < -0.4 is 4.90 Å². The number of aliphatic hydroxyl groups excluding tert-OH is 1. The first-order valence-corrected chi connectivity index (χ1v) is 8.54. The molecule has 5 nitrogen and oxygen atoms in total. The second kappa shape index (κ2) is 6.58. The van der Waals surface area contributed by atoms with Gasteiger partial charge in [-0.3, -0.25) is 0 Å². The molecule has 1 aliphatic rings. The molecule has 0 aliphatic carbocycles. The molecule has 1 aliphatic heterocycles. The van der Waals surface area contributed by atoms with Gasteiger partial charge in [0.1, 0.15) is 6.07 Å². The molecule has 1 fully saturated rings. The maximum Gasteiger partial charge on any atom is 0.234 e. The minimum Gasteiger partial charge on any atom is -0.423 e. The third-order valence-corrected chi connectivity index (χ3v) is 4.66. The number of hydrogen-bond donors (Lipinski definition) is 1. The lowest BCUT2D eigenvalue weighted by Crippen LogP contribution is -2.38. The third kappa shape index (κ3) is 3.09. The molecule has 1 saturated heterocycles. The molecule has 1 N–H and O–H groups in total. The predicted molar refractivity (Wildman–Crippen MR) is 95.4 cm³/mol. The van der Waals surface area contributed by atoms with Gasteiger partial charge < -0.3 is 14.4 Å². The lowest BCUT2D eigenvalue weighted by molar-refractivity contribution is 0.152. The lowest BCUT2D eigenvalue weighted by atomic mass is 10.0. The maximum atomic E-state index is 9.88. The van der Waals surface area contributed by atoms with Gasteiger partial charge in [0.05, 0.1) is 12.5 Å². The summed E-state index contributed by atoms with van der Waals surface area (Å²) in [6.45, 7) is 1.26. The molecule has 3 aromatic rings. The number of benzene rings is 2. The van der Waals surface area contributed by atoms with Gasteiger partial charge in [0.25, 0.3) is 0 Å². The SMILES string of the molecule is N#Cc1nc(Cc2cccc3ccccc23)oc1N1CCCC(O)C1. The van der Waals surface area contributed by atoms with E-state index in [1.807, 2.05) is 23.1 Å². The van der Waals surface area contributed by atoms with Crippen LogP contribution in [0.15, 0.2) is 46.9 Å². The van der Waals surface area contributed by atoms with Gasteiger partial charge in [0.2, 0.25) is 17.5 Å². The zero-order valence-electron chi connectivity index (χ0n) is 13.9. The second-order valence-corrected chi connectivity index (χ2v) is 6.43. The van der Waals surface area contributed by atoms with Crippen LogP contribution in [0.4, 0.5) is 5.88 Å². The van der Waals surface area contributed by atoms with Crippen LogP contribution in [0, 0.1) is 11.3 Å². The first-order chi connectivity index (χ1) is 12.2. The number of aromatic nitrogens is 1. The van der Waals surface area contributed by atoms with E-state index in [0.717, 1.165) is 30.3 Å². The lowest BCUT2D eigenvalue weighted by Gasteiger charge is -2.29. The zero-order valence-corrected chi connectivity index (χ0v) is 13.9. The number of rotatable bonds is 3. The van der Waals surface area contributed by atoms with Gasteiger partial charge in [-0.1, -0.05) is 42.5 Å². The topological polar surface area (TPSA) is 73.3 Å². The smallest absolute Gasteiger partial charge is 0.234 e. The highest BCUT2D eigenvalue weighted by Gasteiger charge is 2.25. The molecule has 0 amide bonds. The quantitative estimate of drug-likeness (QED) is 0.796. The molecule has 1 atom stereocenters. The van der Waals surface area contributed by atoms with Gasteiger partial charge in [-0.2, -0.15) is 5.26 Å². The Hall–Kier alpha value is -2.84. The van der Waals surface area contributed by atoms with Crippen LogP contribution in [0.1, 0.15) is 30.0 Å². The van der Waals surface area contributed by atoms with Crippen molar-refractivity contribution < 1.29 is 9.52 Å². The summed E-state index contributed by atoms with van der Waals surface area (Å²) in [6.07, 6.45) is 1.82. The van der Waals surface area contributed by atoms with E-state index in [1.54, 1.807) is 0 Å². The van der Waals surface area contributed by atoms with E-state index < -0.39 is 0 Å². The van der Waals surface area contributed by atoms with Gasteiger partial charge >= 0.3 is 0 Å². The monoisotopic (exact) mass is 333 g/mol. The Kier molecular flexibility index (Phi) is 4.12. The van der Waals surface area contributed by atoms with Crippen molar-refractivity contribution in [2.75, 3.05) is 18.0 Å². The number of aliphatic hydroxyl groups is 1. The molecule has 0 radical (unpaired) electrons. The van der Waals surface area contributed by atoms with E-state index in [-0.39, 0.29) is 6.10 Å². The van der Waals surface area contributed by atoms with Crippen LogP contribution in [0.25, 0.3) is 10.8 Å². The van der Waals surface area contributed by atoms with Crippen molar-refractivity contribution >= 4 is 16.7 Å². The highest BCUT2D eigenvalue weighted by atomic mass is 16.4. The fraction of sp³-hybridized carbons (Fsp3) is 0.300. The van der Waals surface area contributed by atoms with E-state index >= 15 is 0 Å². The summed E-state index contributed by atoms with van der Waals surface area (Å²) in [5.41, 5.74) is 1.42. The van der Waals surface area contributed by atoms with Crippen LogP contribution in [0.5, 0.6) is 0 Å². The van der Waals surface area contributed by atoms with Crippen LogP contribution in [0.3, 0.4) is 0 Å². The number of β-amino-alcohol motifs (C(OH)–C–C–N with tert-alkyl or cyclic N) is 1. The van der Waals surface area contributed by atoms with Crippen molar-refractivity contribution in [2.45, 2.75) is 25.4 Å². The number of anilines is 1. The second-order valence-electron chi connectivity index (χ2n) is 6.43. The Morgan fingerprint density at radius 3 is 2.92 bits per heavy atom. The van der Waals surface area contributed by atoms with Gasteiger partial charge in [-0.05, 0) is 29.2 Å². The first kappa shape index (κ1) is 15.7. The number of nitrogens with zero attached hydrogens (tertiary/aromatic N) is 3. The molecular weight excluding hydrogens is 314 g/mol. The molecule has 1 aromatic heterocycles. The zero-order chi connectivity index (χ0) is 17.2. The average molecular weight is 333 g/mol. The van der Waals surface area contributed by atoms with Gasteiger partial charge in [-0.15, -0.1) is 0 Å². The van der Waals surface area contributed by atoms with Crippen molar-refractivity contribution in [1.82, 2.24) is 4.98 Å². The largest absolute Gasteiger partial charge is 0.423 e. The first-order valence-electron chi connectivity index (χ1n) is 8.54. The highest BCUT2D eigenvalue weighted by molar-refractivity contribution is 5.85. The van der Waals surface area contributed by atoms with E-state index in [4.69, 9.17) is 4.42 Å². The molecule has 4 rings (SSSR count). The number of nitriles is 1. The Morgan fingerprint density at radius 2 is 2.08 bits per heavy atom. The van der Waals surface area contributed by atoms with Crippen molar-refractivity contribution in [3.8, 4) is 6.07 Å². The Labute approximate surface area is 146 Å². The Bertz CT molecular complexity index is 936. The molecule has 25 heavy (non-hydrogen) atoms. The van der Waals surface area contributed by atoms with Crippen LogP contribution in [-0.2, 0) is 6.42 Å². The average Bonchev–Trinajstić information content (AvgIpc) is 3.05. The Morgan fingerprint density at radius 1 is 1.24 bits per heavy atom. The molecule has 2 heterocycles. The summed E-state index contributed by atoms with van der Waals surface area (Å²) >= 11 is 0. The van der Waals surface area contributed by atoms with E-state index in [0.29, 0.717) is 30.4 Å². The highest BCUT2D eigenvalue weighted by Crippen LogP contribution is 2.27. The molecule has 0 spiro atoms. The summed E-state index contributed by atoms with van der Waals surface area (Å²) < 4.78 is 5.93. The van der Waals surface area contributed by atoms with Crippen LogP contribution in [0.2, 0.25) is 0 Å². The molecule has 1 unspecified atom stereocenters. The van der Waals surface area contributed by atoms with Crippen LogP contribution in [-0.4, -0.2) is 29.3 Å². The summed E-state index contributed by atoms with van der Waals surface area (Å²) in [6, 6.07) is 16.5. The van der Waals surface area contributed by atoms with Crippen molar-refractivity contribution in [2.24, 2.45) is 0 Å². The number of fused-ring (bicyclic) bond motifs is 1. The number of oxazole rings is 1. The van der Waals surface area contributed by atoms with Gasteiger partial charge in [0.15, 0.2) is 0 Å². The maximum absolute atomic E-state index is 9.88. The van der Waals surface area contributed by atoms with E-state index in [1.165, 1.54) is 5.39 Å². The summed E-state index contributed by atoms with van der Waals surface area (Å²) in [4.78, 5) is 6.30. The molecule has 0 bridgehead atoms. The number of piperidine rings is 1. The molecule has 0 saturated carbocycles. The molecular formula is C20H19N3O2. The standard InChI is InChI=1S/C20H19N3O2/c21-12-18-20(23-10-4-8-16(24)13-23)25-19(22-18)11-15-7-3-6-14-5-1-2-9-17(14)15/h1-3,5-7,9,16,24H,4,8,10-11,13H2. The Balaban J connectivity index is 1.66. The predicted octanol–water partition coefficient (Wildman–Crippen LogP) is 3.25. The van der Waals surface area contributed by atoms with Crippen molar-refractivity contribution in [3.63, 3.8) is 0 Å². The third-order valence-electron chi connectivity index (χ3n) is 4.66. The van der Waals surface area contributed by atoms with E-state index in [9.17, 15) is 10.4 Å². The van der Waals surface area contributed by atoms with E-state index in [2.05, 4.69) is 35.3 Å². The minimum absolute atomic E-state index is 0.296. The van der Waals surface area contributed by atoms with Crippen molar-refractivity contribution in [3.05, 3.63) is 59.6 Å². The summed E-state index contributed by atoms with van der Waals surface area (Å²) in [5, 5.41) is 21.6. The fourth-order valence-corrected chi connectivity index (χ4v) is 3.47. The van der Waals surface area contributed by atoms with Crippen molar-refractivity contribution in [1.29, 1.82) is 5.26 Å². The van der Waals surface area contributed by atoms with Gasteiger partial charge in [-0.25, -0.2) is 4.98 Å². The summed E-state index contributed by atoms with van der Waals surface area (Å²) in [7, 11) is 0. The molecule has 5 heteroatoms. The fourth-order valence-electron chi connectivity index (χ4n) is 3.47. The van der Waals surface area contributed by atoms with Crippen LogP contribution >= 0.6 is 0 Å². The number of hydrogen-bond acceptors (Lipinski definition) is 5. The normalized spacial score (nSPS) is 17.6. The molecule has 126 valence electrons. The summed E-state index contributed by atoms with van der Waals surface area (Å²) in [5.74, 6) is 1.01. The molecule has 2 aromatic carbocycles.